The Morgan fingerprint density at radius 2 is 1.70 bits per heavy atom. The number of hydrogen-bond donors (Lipinski definition) is 1. The zero-order valence-electron chi connectivity index (χ0n) is 20.9. The first kappa shape index (κ1) is 23.9. The van der Waals surface area contributed by atoms with Crippen LogP contribution in [-0.2, 0) is 11.8 Å². The summed E-state index contributed by atoms with van der Waals surface area (Å²) < 4.78 is 2.72. The van der Waals surface area contributed by atoms with Crippen molar-refractivity contribution in [3.05, 3.63) is 110 Å². The number of benzene rings is 3. The fourth-order valence-electron chi connectivity index (χ4n) is 5.93. The zero-order valence-corrected chi connectivity index (χ0v) is 22.5. The van der Waals surface area contributed by atoms with Crippen molar-refractivity contribution in [2.24, 2.45) is 5.10 Å². The second kappa shape index (κ2) is 9.75. The molecular weight excluding hydrogens is 524 g/mol. The number of nitrogens with one attached hydrogen (secondary N) is 1. The predicted octanol–water partition coefficient (Wildman–Crippen LogP) is 7.17. The van der Waals surface area contributed by atoms with Crippen LogP contribution in [0.2, 0.25) is 0 Å². The van der Waals surface area contributed by atoms with Gasteiger partial charge in [-0.05, 0) is 61.6 Å². The predicted molar refractivity (Wildman–Crippen MR) is 154 cm³/mol. The summed E-state index contributed by atoms with van der Waals surface area (Å²) in [6.45, 7) is 2.05. The van der Waals surface area contributed by atoms with Crippen LogP contribution in [-0.4, -0.2) is 15.8 Å². The standard InChI is InChI=1S/C31H29BrN4O/c1-21-9-15-25(16-10-21)36-29(37)27-28(34-30(36)35-33-20-22-11-13-24(32)14-12-22)26-8-4-3-7-23(26)19-31(27)17-5-2-6-18-31/h3-4,7-16,20H,2,5-6,17-19H2,1H3,(H,34,35)/b33-20-. The van der Waals surface area contributed by atoms with Crippen molar-refractivity contribution < 1.29 is 0 Å². The van der Waals surface area contributed by atoms with Crippen molar-refractivity contribution in [1.82, 2.24) is 9.55 Å². The van der Waals surface area contributed by atoms with E-state index < -0.39 is 0 Å². The van der Waals surface area contributed by atoms with E-state index in [0.717, 1.165) is 70.2 Å². The zero-order chi connectivity index (χ0) is 25.4. The molecule has 4 aromatic rings. The van der Waals surface area contributed by atoms with E-state index in [1.165, 1.54) is 12.0 Å². The van der Waals surface area contributed by atoms with Gasteiger partial charge in [-0.25, -0.2) is 15.0 Å². The molecule has 0 bridgehead atoms. The van der Waals surface area contributed by atoms with Crippen LogP contribution >= 0.6 is 15.9 Å². The first-order valence-electron chi connectivity index (χ1n) is 12.9. The quantitative estimate of drug-likeness (QED) is 0.215. The molecule has 1 aromatic heterocycles. The number of rotatable bonds is 4. The van der Waals surface area contributed by atoms with Gasteiger partial charge in [0.1, 0.15) is 0 Å². The van der Waals surface area contributed by atoms with Gasteiger partial charge in [-0.3, -0.25) is 4.79 Å². The van der Waals surface area contributed by atoms with Gasteiger partial charge in [0.15, 0.2) is 0 Å². The number of hydrogen-bond acceptors (Lipinski definition) is 4. The fourth-order valence-corrected chi connectivity index (χ4v) is 6.19. The van der Waals surface area contributed by atoms with Crippen LogP contribution in [0.4, 0.5) is 5.95 Å². The van der Waals surface area contributed by atoms with E-state index in [1.54, 1.807) is 10.8 Å². The van der Waals surface area contributed by atoms with Crippen molar-refractivity contribution in [3.8, 4) is 16.9 Å². The van der Waals surface area contributed by atoms with Crippen LogP contribution in [0.1, 0.15) is 54.4 Å². The number of halogens is 1. The van der Waals surface area contributed by atoms with Gasteiger partial charge in [0.25, 0.3) is 5.56 Å². The van der Waals surface area contributed by atoms with Gasteiger partial charge in [0.2, 0.25) is 5.95 Å². The highest BCUT2D eigenvalue weighted by Crippen LogP contribution is 2.48. The number of aryl methyl sites for hydroxylation is 1. The first-order valence-corrected chi connectivity index (χ1v) is 13.7. The summed E-state index contributed by atoms with van der Waals surface area (Å²) in [6, 6.07) is 24.4. The third-order valence-electron chi connectivity index (χ3n) is 7.77. The van der Waals surface area contributed by atoms with Crippen molar-refractivity contribution >= 4 is 28.1 Å². The van der Waals surface area contributed by atoms with Gasteiger partial charge < -0.3 is 0 Å². The van der Waals surface area contributed by atoms with E-state index in [1.807, 2.05) is 61.5 Å². The van der Waals surface area contributed by atoms with Gasteiger partial charge in [-0.1, -0.05) is 89.3 Å². The van der Waals surface area contributed by atoms with Crippen LogP contribution < -0.4 is 11.0 Å². The van der Waals surface area contributed by atoms with Gasteiger partial charge in [0, 0.05) is 15.5 Å². The number of fused-ring (bicyclic) bond motifs is 4. The minimum Gasteiger partial charge on any atom is -0.268 e. The molecule has 0 atom stereocenters. The summed E-state index contributed by atoms with van der Waals surface area (Å²) in [5.74, 6) is 0.420. The van der Waals surface area contributed by atoms with Crippen molar-refractivity contribution in [3.63, 3.8) is 0 Å². The van der Waals surface area contributed by atoms with Gasteiger partial charge in [-0.2, -0.15) is 5.10 Å². The molecule has 1 saturated carbocycles. The smallest absolute Gasteiger partial charge is 0.263 e. The molecule has 1 fully saturated rings. The summed E-state index contributed by atoms with van der Waals surface area (Å²) in [5, 5.41) is 4.48. The third kappa shape index (κ3) is 4.44. The molecule has 1 N–H and O–H groups in total. The average Bonchev–Trinajstić information content (AvgIpc) is 2.91. The molecule has 2 aliphatic rings. The summed E-state index contributed by atoms with van der Waals surface area (Å²) >= 11 is 3.47. The molecule has 5 nitrogen and oxygen atoms in total. The third-order valence-corrected chi connectivity index (χ3v) is 8.29. The topological polar surface area (TPSA) is 59.3 Å². The van der Waals surface area contributed by atoms with Gasteiger partial charge in [0.05, 0.1) is 23.2 Å². The fraction of sp³-hybridized carbons (Fsp3) is 0.258. The molecule has 0 radical (unpaired) electrons. The lowest BCUT2D eigenvalue weighted by atomic mass is 9.62. The van der Waals surface area contributed by atoms with Crippen LogP contribution in [0.3, 0.4) is 0 Å². The molecule has 1 heterocycles. The highest BCUT2D eigenvalue weighted by atomic mass is 79.9. The highest BCUT2D eigenvalue weighted by molar-refractivity contribution is 9.10. The Balaban J connectivity index is 1.55. The second-order valence-electron chi connectivity index (χ2n) is 10.2. The normalized spacial score (nSPS) is 15.9. The number of anilines is 1. The minimum atomic E-state index is -0.169. The van der Waals surface area contributed by atoms with E-state index in [-0.39, 0.29) is 11.0 Å². The lowest BCUT2D eigenvalue weighted by Gasteiger charge is -2.42. The molecule has 0 unspecified atom stereocenters. The lowest BCUT2D eigenvalue weighted by molar-refractivity contribution is 0.284. The van der Waals surface area contributed by atoms with E-state index >= 15 is 0 Å². The maximum Gasteiger partial charge on any atom is 0.263 e. The molecule has 2 aliphatic carbocycles. The number of hydrazone groups is 1. The Hall–Kier alpha value is -3.51. The Morgan fingerprint density at radius 1 is 0.973 bits per heavy atom. The van der Waals surface area contributed by atoms with E-state index in [4.69, 9.17) is 4.98 Å². The first-order chi connectivity index (χ1) is 18.0. The van der Waals surface area contributed by atoms with Crippen LogP contribution in [0.5, 0.6) is 0 Å². The summed E-state index contributed by atoms with van der Waals surface area (Å²) in [7, 11) is 0. The van der Waals surface area contributed by atoms with Gasteiger partial charge >= 0.3 is 0 Å². The van der Waals surface area contributed by atoms with E-state index in [9.17, 15) is 4.79 Å². The van der Waals surface area contributed by atoms with Gasteiger partial charge in [-0.15, -0.1) is 0 Å². The highest BCUT2D eigenvalue weighted by Gasteiger charge is 2.43. The summed E-state index contributed by atoms with van der Waals surface area (Å²) in [4.78, 5) is 19.6. The lowest BCUT2D eigenvalue weighted by Crippen LogP contribution is -2.42. The Labute approximate surface area is 225 Å². The maximum absolute atomic E-state index is 14.5. The van der Waals surface area contributed by atoms with Crippen molar-refractivity contribution in [2.45, 2.75) is 50.9 Å². The maximum atomic E-state index is 14.5. The molecule has 0 saturated heterocycles. The average molecular weight is 554 g/mol. The number of nitrogens with zero attached hydrogens (tertiary/aromatic N) is 3. The van der Waals surface area contributed by atoms with E-state index in [2.05, 4.69) is 44.7 Å². The molecule has 3 aromatic carbocycles. The molecule has 186 valence electrons. The Bertz CT molecular complexity index is 1530. The van der Waals surface area contributed by atoms with Crippen molar-refractivity contribution in [1.29, 1.82) is 0 Å². The Morgan fingerprint density at radius 3 is 2.46 bits per heavy atom. The minimum absolute atomic E-state index is 0.00611. The van der Waals surface area contributed by atoms with Crippen LogP contribution in [0.15, 0.2) is 87.2 Å². The molecule has 1 spiro atoms. The molecule has 0 aliphatic heterocycles. The SMILES string of the molecule is Cc1ccc(-n2c(N/N=C\c3ccc(Br)cc3)nc3c(c2=O)C2(CCCCC2)Cc2ccccc2-3)cc1. The molecule has 6 heteroatoms. The molecule has 0 amide bonds. The molecular formula is C31H29BrN4O. The largest absolute Gasteiger partial charge is 0.268 e. The summed E-state index contributed by atoms with van der Waals surface area (Å²) in [5.41, 5.74) is 9.84. The molecule has 6 rings (SSSR count). The number of aromatic nitrogens is 2. The Kier molecular flexibility index (Phi) is 6.29. The van der Waals surface area contributed by atoms with Crippen LogP contribution in [0, 0.1) is 6.92 Å². The van der Waals surface area contributed by atoms with E-state index in [0.29, 0.717) is 5.95 Å². The molecule has 37 heavy (non-hydrogen) atoms. The monoisotopic (exact) mass is 552 g/mol. The van der Waals surface area contributed by atoms with Crippen molar-refractivity contribution in [2.75, 3.05) is 5.43 Å². The van der Waals surface area contributed by atoms with Crippen LogP contribution in [0.25, 0.3) is 16.9 Å². The summed E-state index contributed by atoms with van der Waals surface area (Å²) in [6.07, 6.45) is 8.19. The second-order valence-corrected chi connectivity index (χ2v) is 11.1.